The molecule has 0 radical (unpaired) electrons. The maximum atomic E-state index is 13.6. The van der Waals surface area contributed by atoms with Gasteiger partial charge in [0.05, 0.1) is 18.4 Å². The van der Waals surface area contributed by atoms with Gasteiger partial charge in [0.2, 0.25) is 0 Å². The monoisotopic (exact) mass is 224 g/mol. The van der Waals surface area contributed by atoms with Gasteiger partial charge in [-0.1, -0.05) is 6.07 Å². The van der Waals surface area contributed by atoms with Gasteiger partial charge in [0.15, 0.2) is 5.13 Å². The average molecular weight is 224 g/mol. The third kappa shape index (κ3) is 1.78. The smallest absolute Gasteiger partial charge is 0.180 e. The van der Waals surface area contributed by atoms with Crippen molar-refractivity contribution in [3.8, 4) is 17.0 Å². The van der Waals surface area contributed by atoms with E-state index in [1.54, 1.807) is 17.5 Å². The summed E-state index contributed by atoms with van der Waals surface area (Å²) in [4.78, 5) is 4.03. The van der Waals surface area contributed by atoms with E-state index in [0.29, 0.717) is 22.1 Å². The van der Waals surface area contributed by atoms with E-state index in [0.717, 1.165) is 0 Å². The fraction of sp³-hybridized carbons (Fsp3) is 0.100. The quantitative estimate of drug-likeness (QED) is 0.852. The summed E-state index contributed by atoms with van der Waals surface area (Å²) in [6, 6.07) is 4.65. The molecule has 5 heteroatoms. The van der Waals surface area contributed by atoms with E-state index in [-0.39, 0.29) is 5.82 Å². The molecule has 1 heterocycles. The van der Waals surface area contributed by atoms with Crippen LogP contribution in [0.4, 0.5) is 9.52 Å². The normalized spacial score (nSPS) is 10.3. The van der Waals surface area contributed by atoms with E-state index in [2.05, 4.69) is 4.98 Å². The predicted octanol–water partition coefficient (Wildman–Crippen LogP) is 2.54. The van der Waals surface area contributed by atoms with Crippen molar-refractivity contribution in [2.24, 2.45) is 0 Å². The topological polar surface area (TPSA) is 48.1 Å². The number of nitrogens with zero attached hydrogens (tertiary/aromatic N) is 1. The van der Waals surface area contributed by atoms with Gasteiger partial charge in [0.25, 0.3) is 0 Å². The summed E-state index contributed by atoms with van der Waals surface area (Å²) in [5.41, 5.74) is 6.36. The molecule has 78 valence electrons. The highest BCUT2D eigenvalue weighted by Gasteiger charge is 2.13. The zero-order chi connectivity index (χ0) is 10.8. The first-order chi connectivity index (χ1) is 7.22. The lowest BCUT2D eigenvalue weighted by atomic mass is 10.1. The minimum atomic E-state index is -0.361. The second-order valence-corrected chi connectivity index (χ2v) is 3.78. The van der Waals surface area contributed by atoms with Crippen LogP contribution < -0.4 is 10.5 Å². The van der Waals surface area contributed by atoms with Gasteiger partial charge in [-0.3, -0.25) is 0 Å². The Morgan fingerprint density at radius 3 is 2.87 bits per heavy atom. The summed E-state index contributed by atoms with van der Waals surface area (Å²) in [6.07, 6.45) is 0. The van der Waals surface area contributed by atoms with Gasteiger partial charge in [0, 0.05) is 5.38 Å². The molecular formula is C10H9FN2OS. The zero-order valence-corrected chi connectivity index (χ0v) is 8.84. The lowest BCUT2D eigenvalue weighted by Gasteiger charge is -2.06. The number of rotatable bonds is 2. The van der Waals surface area contributed by atoms with Crippen molar-refractivity contribution in [3.63, 3.8) is 0 Å². The Morgan fingerprint density at radius 2 is 2.27 bits per heavy atom. The molecule has 1 aromatic heterocycles. The Kier molecular flexibility index (Phi) is 2.55. The van der Waals surface area contributed by atoms with Crippen molar-refractivity contribution >= 4 is 16.5 Å². The summed E-state index contributed by atoms with van der Waals surface area (Å²) in [6.45, 7) is 0. The van der Waals surface area contributed by atoms with Gasteiger partial charge in [-0.25, -0.2) is 9.37 Å². The highest BCUT2D eigenvalue weighted by Crippen LogP contribution is 2.33. The highest BCUT2D eigenvalue weighted by molar-refractivity contribution is 7.13. The molecule has 2 N–H and O–H groups in total. The van der Waals surface area contributed by atoms with Crippen LogP contribution in [0.5, 0.6) is 5.75 Å². The number of hydrogen-bond acceptors (Lipinski definition) is 4. The predicted molar refractivity (Wildman–Crippen MR) is 58.5 cm³/mol. The molecule has 0 aliphatic heterocycles. The second-order valence-electron chi connectivity index (χ2n) is 2.89. The first-order valence-corrected chi connectivity index (χ1v) is 5.14. The molecule has 0 atom stereocenters. The molecule has 0 aliphatic rings. The number of anilines is 1. The van der Waals surface area contributed by atoms with Gasteiger partial charge in [-0.15, -0.1) is 11.3 Å². The largest absolute Gasteiger partial charge is 0.496 e. The molecule has 0 fully saturated rings. The van der Waals surface area contributed by atoms with Crippen LogP contribution in [0.2, 0.25) is 0 Å². The van der Waals surface area contributed by atoms with Gasteiger partial charge in [0.1, 0.15) is 11.6 Å². The number of halogens is 1. The van der Waals surface area contributed by atoms with Crippen molar-refractivity contribution in [3.05, 3.63) is 29.4 Å². The number of nitrogens with two attached hydrogens (primary N) is 1. The number of methoxy groups -OCH3 is 1. The molecule has 1 aromatic carbocycles. The fourth-order valence-corrected chi connectivity index (χ4v) is 1.88. The Morgan fingerprint density at radius 1 is 1.47 bits per heavy atom. The molecule has 0 aliphatic carbocycles. The van der Waals surface area contributed by atoms with Crippen molar-refractivity contribution < 1.29 is 9.13 Å². The van der Waals surface area contributed by atoms with Crippen molar-refractivity contribution in [2.75, 3.05) is 12.8 Å². The molecule has 0 saturated heterocycles. The number of ether oxygens (including phenoxy) is 1. The van der Waals surface area contributed by atoms with Crippen LogP contribution >= 0.6 is 11.3 Å². The number of nitrogen functional groups attached to an aromatic ring is 1. The van der Waals surface area contributed by atoms with Crippen molar-refractivity contribution in [1.29, 1.82) is 0 Å². The number of aromatic nitrogens is 1. The Balaban J connectivity index is 2.60. The van der Waals surface area contributed by atoms with Crippen LogP contribution in [0, 0.1) is 5.82 Å². The fourth-order valence-electron chi connectivity index (χ4n) is 1.33. The molecule has 2 rings (SSSR count). The van der Waals surface area contributed by atoms with E-state index in [4.69, 9.17) is 10.5 Å². The molecule has 0 amide bonds. The SMILES string of the molecule is COc1cccc(F)c1-c1csc(N)n1. The molecule has 2 aromatic rings. The minimum Gasteiger partial charge on any atom is -0.496 e. The Bertz CT molecular complexity index is 484. The highest BCUT2D eigenvalue weighted by atomic mass is 32.1. The summed E-state index contributed by atoms with van der Waals surface area (Å²) in [7, 11) is 1.49. The number of thiazole rings is 1. The molecule has 0 spiro atoms. The Labute approximate surface area is 90.3 Å². The van der Waals surface area contributed by atoms with Crippen LogP contribution in [-0.2, 0) is 0 Å². The molecule has 0 bridgehead atoms. The molecule has 3 nitrogen and oxygen atoms in total. The third-order valence-electron chi connectivity index (χ3n) is 1.97. The van der Waals surface area contributed by atoms with Crippen LogP contribution in [0.1, 0.15) is 0 Å². The molecule has 0 saturated carbocycles. The minimum absolute atomic E-state index is 0.355. The molecule has 0 unspecified atom stereocenters. The Hall–Kier alpha value is -1.62. The number of benzene rings is 1. The standard InChI is InChI=1S/C10H9FN2OS/c1-14-8-4-2-3-6(11)9(8)7-5-15-10(12)13-7/h2-5H,1H3,(H2,12,13). The summed E-state index contributed by atoms with van der Waals surface area (Å²) < 4.78 is 18.6. The van der Waals surface area contributed by atoms with E-state index in [1.807, 2.05) is 0 Å². The number of hydrogen-bond donors (Lipinski definition) is 1. The van der Waals surface area contributed by atoms with Gasteiger partial charge in [-0.05, 0) is 12.1 Å². The van der Waals surface area contributed by atoms with Gasteiger partial charge in [-0.2, -0.15) is 0 Å². The van der Waals surface area contributed by atoms with Crippen molar-refractivity contribution in [1.82, 2.24) is 4.98 Å². The zero-order valence-electron chi connectivity index (χ0n) is 8.03. The van der Waals surface area contributed by atoms with Gasteiger partial charge >= 0.3 is 0 Å². The summed E-state index contributed by atoms with van der Waals surface area (Å²) in [5.74, 6) is 0.0972. The first-order valence-electron chi connectivity index (χ1n) is 4.26. The van der Waals surface area contributed by atoms with Crippen molar-refractivity contribution in [2.45, 2.75) is 0 Å². The van der Waals surface area contributed by atoms with Crippen LogP contribution in [-0.4, -0.2) is 12.1 Å². The maximum Gasteiger partial charge on any atom is 0.180 e. The summed E-state index contributed by atoms with van der Waals surface area (Å²) in [5, 5.41) is 2.12. The van der Waals surface area contributed by atoms with Gasteiger partial charge < -0.3 is 10.5 Å². The van der Waals surface area contributed by atoms with Crippen LogP contribution in [0.15, 0.2) is 23.6 Å². The van der Waals surface area contributed by atoms with Crippen LogP contribution in [0.25, 0.3) is 11.3 Å². The van der Waals surface area contributed by atoms with E-state index in [1.165, 1.54) is 24.5 Å². The maximum absolute atomic E-state index is 13.6. The second kappa shape index (κ2) is 3.86. The molecule has 15 heavy (non-hydrogen) atoms. The van der Waals surface area contributed by atoms with E-state index in [9.17, 15) is 4.39 Å². The summed E-state index contributed by atoms with van der Waals surface area (Å²) >= 11 is 1.27. The third-order valence-corrected chi connectivity index (χ3v) is 2.65. The average Bonchev–Trinajstić information content (AvgIpc) is 2.64. The van der Waals surface area contributed by atoms with E-state index >= 15 is 0 Å². The lowest BCUT2D eigenvalue weighted by molar-refractivity contribution is 0.413. The van der Waals surface area contributed by atoms with Crippen LogP contribution in [0.3, 0.4) is 0 Å². The first kappa shape index (κ1) is 9.92. The lowest BCUT2D eigenvalue weighted by Crippen LogP contribution is -1.92. The molecular weight excluding hydrogens is 215 g/mol. The van der Waals surface area contributed by atoms with E-state index < -0.39 is 0 Å².